The van der Waals surface area contributed by atoms with E-state index in [1.54, 1.807) is 17.9 Å². The highest BCUT2D eigenvalue weighted by Gasteiger charge is 2.30. The van der Waals surface area contributed by atoms with Gasteiger partial charge in [0.1, 0.15) is 5.76 Å². The van der Waals surface area contributed by atoms with Gasteiger partial charge in [0.05, 0.1) is 6.54 Å². The van der Waals surface area contributed by atoms with Crippen molar-refractivity contribution in [2.75, 3.05) is 18.4 Å². The lowest BCUT2D eigenvalue weighted by Crippen LogP contribution is -2.43. The van der Waals surface area contributed by atoms with Crippen molar-refractivity contribution in [3.05, 3.63) is 11.8 Å². The van der Waals surface area contributed by atoms with E-state index in [1.165, 1.54) is 0 Å². The van der Waals surface area contributed by atoms with Crippen molar-refractivity contribution in [1.29, 1.82) is 0 Å². The van der Waals surface area contributed by atoms with E-state index in [4.69, 9.17) is 4.52 Å². The second-order valence-electron chi connectivity index (χ2n) is 5.97. The summed E-state index contributed by atoms with van der Waals surface area (Å²) in [5.74, 6) is 1.04. The number of hydrogen-bond donors (Lipinski definition) is 1. The summed E-state index contributed by atoms with van der Waals surface area (Å²) in [5.41, 5.74) is 0. The van der Waals surface area contributed by atoms with Gasteiger partial charge >= 0.3 is 0 Å². The molecule has 1 aromatic rings. The van der Waals surface area contributed by atoms with Gasteiger partial charge in [-0.05, 0) is 26.2 Å². The van der Waals surface area contributed by atoms with E-state index in [0.717, 1.165) is 38.5 Å². The second-order valence-corrected chi connectivity index (χ2v) is 5.97. The van der Waals surface area contributed by atoms with E-state index in [9.17, 15) is 9.59 Å². The molecule has 6 heteroatoms. The van der Waals surface area contributed by atoms with E-state index in [0.29, 0.717) is 18.1 Å². The number of nitrogens with zero attached hydrogens (tertiary/aromatic N) is 2. The molecule has 1 heterocycles. The first-order valence-electron chi connectivity index (χ1n) is 8.12. The predicted octanol–water partition coefficient (Wildman–Crippen LogP) is 2.74. The molecule has 2 amide bonds. The molecule has 0 aliphatic heterocycles. The van der Waals surface area contributed by atoms with Crippen LogP contribution in [0.3, 0.4) is 0 Å². The molecule has 0 aromatic carbocycles. The lowest BCUT2D eigenvalue weighted by Gasteiger charge is -2.31. The Hall–Kier alpha value is -1.85. The van der Waals surface area contributed by atoms with Gasteiger partial charge in [0.2, 0.25) is 11.8 Å². The molecule has 1 saturated carbocycles. The van der Waals surface area contributed by atoms with Gasteiger partial charge in [-0.15, -0.1) is 0 Å². The maximum atomic E-state index is 12.4. The van der Waals surface area contributed by atoms with Gasteiger partial charge in [0.25, 0.3) is 0 Å². The summed E-state index contributed by atoms with van der Waals surface area (Å²) >= 11 is 0. The van der Waals surface area contributed by atoms with Crippen LogP contribution < -0.4 is 5.32 Å². The van der Waals surface area contributed by atoms with Gasteiger partial charge in [0, 0.05) is 18.5 Å². The fourth-order valence-electron chi connectivity index (χ4n) is 2.51. The molecule has 1 aromatic heterocycles. The van der Waals surface area contributed by atoms with Crippen LogP contribution in [-0.4, -0.2) is 35.0 Å². The zero-order valence-corrected chi connectivity index (χ0v) is 13.4. The zero-order chi connectivity index (χ0) is 15.9. The van der Waals surface area contributed by atoms with Crippen molar-refractivity contribution in [1.82, 2.24) is 10.1 Å². The molecule has 22 heavy (non-hydrogen) atoms. The van der Waals surface area contributed by atoms with Crippen molar-refractivity contribution in [3.8, 4) is 0 Å². The average Bonchev–Trinajstić information content (AvgIpc) is 2.81. The predicted molar refractivity (Wildman–Crippen MR) is 83.3 cm³/mol. The van der Waals surface area contributed by atoms with Gasteiger partial charge in [-0.1, -0.05) is 31.3 Å². The molecule has 0 atom stereocenters. The van der Waals surface area contributed by atoms with E-state index < -0.39 is 0 Å². The Morgan fingerprint density at radius 2 is 2.18 bits per heavy atom. The molecule has 122 valence electrons. The summed E-state index contributed by atoms with van der Waals surface area (Å²) in [6.45, 7) is 4.62. The first kappa shape index (κ1) is 16.5. The third kappa shape index (κ3) is 4.58. The van der Waals surface area contributed by atoms with Gasteiger partial charge in [-0.3, -0.25) is 9.59 Å². The summed E-state index contributed by atoms with van der Waals surface area (Å²) in [6.07, 6.45) is 6.11. The Bertz CT molecular complexity index is 508. The van der Waals surface area contributed by atoms with Crippen LogP contribution in [0, 0.1) is 12.8 Å². The number of aryl methyl sites for hydroxylation is 1. The van der Waals surface area contributed by atoms with Crippen LogP contribution in [0.5, 0.6) is 0 Å². The summed E-state index contributed by atoms with van der Waals surface area (Å²) in [5, 5.41) is 6.41. The first-order valence-corrected chi connectivity index (χ1v) is 8.12. The average molecular weight is 307 g/mol. The monoisotopic (exact) mass is 307 g/mol. The van der Waals surface area contributed by atoms with Crippen LogP contribution in [0.4, 0.5) is 5.82 Å². The number of nitrogens with one attached hydrogen (secondary N) is 1. The largest absolute Gasteiger partial charge is 0.360 e. The number of rotatable bonds is 8. The standard InChI is InChI=1S/C16H25N3O3/c1-3-4-5-9-19(16(21)13-7-6-8-13)11-15(20)17-14-10-12(2)22-18-14/h10,13H,3-9,11H2,1-2H3,(H,17,18,20). The number of carbonyl (C=O) groups excluding carboxylic acids is 2. The Labute approximate surface area is 131 Å². The topological polar surface area (TPSA) is 75.4 Å². The minimum absolute atomic E-state index is 0.0882. The molecule has 6 nitrogen and oxygen atoms in total. The molecule has 0 saturated heterocycles. The maximum absolute atomic E-state index is 12.4. The van der Waals surface area contributed by atoms with Gasteiger partial charge in [0.15, 0.2) is 5.82 Å². The van der Waals surface area contributed by atoms with Gasteiger partial charge < -0.3 is 14.7 Å². The Kier molecular flexibility index (Phi) is 5.98. The summed E-state index contributed by atoms with van der Waals surface area (Å²) in [4.78, 5) is 26.2. The molecule has 1 fully saturated rings. The molecular weight excluding hydrogens is 282 g/mol. The molecule has 0 unspecified atom stereocenters. The SMILES string of the molecule is CCCCCN(CC(=O)Nc1cc(C)on1)C(=O)C1CCC1. The highest BCUT2D eigenvalue weighted by molar-refractivity contribution is 5.94. The third-order valence-electron chi connectivity index (χ3n) is 4.03. The number of carbonyl (C=O) groups is 2. The van der Waals surface area contributed by atoms with Crippen molar-refractivity contribution in [2.45, 2.75) is 52.4 Å². The van der Waals surface area contributed by atoms with E-state index in [1.807, 2.05) is 0 Å². The minimum Gasteiger partial charge on any atom is -0.360 e. The molecule has 1 aliphatic carbocycles. The summed E-state index contributed by atoms with van der Waals surface area (Å²) < 4.78 is 4.92. The molecule has 0 bridgehead atoms. The Morgan fingerprint density at radius 3 is 2.73 bits per heavy atom. The number of unbranched alkanes of at least 4 members (excludes halogenated alkanes) is 2. The van der Waals surface area contributed by atoms with E-state index in [2.05, 4.69) is 17.4 Å². The van der Waals surface area contributed by atoms with Crippen LogP contribution in [0.1, 0.15) is 51.2 Å². The summed E-state index contributed by atoms with van der Waals surface area (Å²) in [6, 6.07) is 1.66. The Morgan fingerprint density at radius 1 is 1.41 bits per heavy atom. The number of aromatic nitrogens is 1. The highest BCUT2D eigenvalue weighted by atomic mass is 16.5. The highest BCUT2D eigenvalue weighted by Crippen LogP contribution is 2.28. The summed E-state index contributed by atoms with van der Waals surface area (Å²) in [7, 11) is 0. The number of hydrogen-bond acceptors (Lipinski definition) is 4. The maximum Gasteiger partial charge on any atom is 0.245 e. The van der Waals surface area contributed by atoms with Gasteiger partial charge in [-0.2, -0.15) is 0 Å². The lowest BCUT2D eigenvalue weighted by atomic mass is 9.84. The molecule has 1 N–H and O–H groups in total. The van der Waals surface area contributed by atoms with Crippen LogP contribution in [0.2, 0.25) is 0 Å². The molecule has 1 aliphatic rings. The van der Waals surface area contributed by atoms with E-state index in [-0.39, 0.29) is 24.3 Å². The lowest BCUT2D eigenvalue weighted by molar-refractivity contribution is -0.140. The minimum atomic E-state index is -0.225. The van der Waals surface area contributed by atoms with Crippen LogP contribution >= 0.6 is 0 Å². The molecule has 2 rings (SSSR count). The fraction of sp³-hybridized carbons (Fsp3) is 0.688. The van der Waals surface area contributed by atoms with Crippen LogP contribution in [0.25, 0.3) is 0 Å². The second kappa shape index (κ2) is 7.96. The van der Waals surface area contributed by atoms with Crippen molar-refractivity contribution < 1.29 is 14.1 Å². The van der Waals surface area contributed by atoms with E-state index >= 15 is 0 Å². The molecular formula is C16H25N3O3. The van der Waals surface area contributed by atoms with Crippen molar-refractivity contribution in [3.63, 3.8) is 0 Å². The number of amides is 2. The molecule has 0 spiro atoms. The van der Waals surface area contributed by atoms with Crippen molar-refractivity contribution >= 4 is 17.6 Å². The first-order chi connectivity index (χ1) is 10.6. The Balaban J connectivity index is 1.88. The van der Waals surface area contributed by atoms with Crippen molar-refractivity contribution in [2.24, 2.45) is 5.92 Å². The third-order valence-corrected chi connectivity index (χ3v) is 4.03. The van der Waals surface area contributed by atoms with Gasteiger partial charge in [-0.25, -0.2) is 0 Å². The number of anilines is 1. The normalized spacial score (nSPS) is 14.5. The van der Waals surface area contributed by atoms with Crippen LogP contribution in [0.15, 0.2) is 10.6 Å². The molecule has 0 radical (unpaired) electrons. The van der Waals surface area contributed by atoms with Crippen LogP contribution in [-0.2, 0) is 9.59 Å². The zero-order valence-electron chi connectivity index (χ0n) is 13.4. The quantitative estimate of drug-likeness (QED) is 0.749. The fourth-order valence-corrected chi connectivity index (χ4v) is 2.51. The smallest absolute Gasteiger partial charge is 0.245 e.